The lowest BCUT2D eigenvalue weighted by Crippen LogP contribution is -2.47. The number of benzene rings is 2. The standard InChI is InChI=1S/C23H22N4O3/c1-26-12-14-27(15-13-26)23(30)17-8-6-16(7-9-17)21(28)11-10-20-22(29)25-19-5-3-2-4-18(19)24-20/h2-11H,12-15H2,1H3,(H,25,29). The van der Waals surface area contributed by atoms with E-state index in [4.69, 9.17) is 0 Å². The molecule has 2 aromatic carbocycles. The molecule has 0 saturated carbocycles. The number of para-hydroxylation sites is 2. The molecule has 7 nitrogen and oxygen atoms in total. The molecule has 1 amide bonds. The molecule has 0 radical (unpaired) electrons. The van der Waals surface area contributed by atoms with Gasteiger partial charge in [0.05, 0.1) is 11.0 Å². The van der Waals surface area contributed by atoms with Crippen LogP contribution in [0.15, 0.2) is 54.6 Å². The van der Waals surface area contributed by atoms with Crippen LogP contribution in [-0.4, -0.2) is 69.8 Å². The van der Waals surface area contributed by atoms with Gasteiger partial charge in [0.1, 0.15) is 5.69 Å². The maximum absolute atomic E-state index is 12.6. The largest absolute Gasteiger partial charge is 0.492 e. The first kappa shape index (κ1) is 19.7. The van der Waals surface area contributed by atoms with E-state index in [2.05, 4.69) is 14.9 Å². The molecule has 1 fully saturated rings. The van der Waals surface area contributed by atoms with Gasteiger partial charge in [-0.05, 0) is 43.5 Å². The van der Waals surface area contributed by atoms with E-state index in [1.165, 1.54) is 12.2 Å². The van der Waals surface area contributed by atoms with Gasteiger partial charge in [0.15, 0.2) is 5.78 Å². The molecule has 1 aliphatic rings. The molecule has 30 heavy (non-hydrogen) atoms. The molecule has 1 saturated heterocycles. The van der Waals surface area contributed by atoms with E-state index >= 15 is 0 Å². The number of allylic oxidation sites excluding steroid dienone is 1. The van der Waals surface area contributed by atoms with Crippen molar-refractivity contribution in [3.8, 4) is 5.88 Å². The molecular weight excluding hydrogens is 380 g/mol. The highest BCUT2D eigenvalue weighted by atomic mass is 16.3. The highest BCUT2D eigenvalue weighted by Gasteiger charge is 2.20. The van der Waals surface area contributed by atoms with Gasteiger partial charge in [-0.2, -0.15) is 0 Å². The summed E-state index contributed by atoms with van der Waals surface area (Å²) in [6, 6.07) is 13.8. The highest BCUT2D eigenvalue weighted by molar-refractivity contribution is 6.07. The van der Waals surface area contributed by atoms with Crippen LogP contribution in [0.4, 0.5) is 0 Å². The molecule has 4 rings (SSSR count). The zero-order valence-electron chi connectivity index (χ0n) is 16.7. The molecule has 1 aliphatic heterocycles. The number of carbonyl (C=O) groups is 2. The number of hydrogen-bond acceptors (Lipinski definition) is 6. The number of aromatic hydroxyl groups is 1. The summed E-state index contributed by atoms with van der Waals surface area (Å²) in [4.78, 5) is 37.5. The topological polar surface area (TPSA) is 86.6 Å². The molecule has 152 valence electrons. The first-order valence-electron chi connectivity index (χ1n) is 9.77. The molecule has 2 heterocycles. The average molecular weight is 402 g/mol. The van der Waals surface area contributed by atoms with E-state index in [9.17, 15) is 14.7 Å². The Balaban J connectivity index is 1.46. The number of aromatic nitrogens is 2. The Morgan fingerprint density at radius 1 is 0.900 bits per heavy atom. The van der Waals surface area contributed by atoms with Gasteiger partial charge in [0.25, 0.3) is 5.91 Å². The third-order valence-corrected chi connectivity index (χ3v) is 5.18. The van der Waals surface area contributed by atoms with Crippen LogP contribution in [0.3, 0.4) is 0 Å². The number of rotatable bonds is 4. The molecule has 0 bridgehead atoms. The molecule has 0 aliphatic carbocycles. The molecule has 0 spiro atoms. The van der Waals surface area contributed by atoms with E-state index in [1.807, 2.05) is 24.1 Å². The van der Waals surface area contributed by atoms with Gasteiger partial charge < -0.3 is 14.9 Å². The van der Waals surface area contributed by atoms with Gasteiger partial charge in [-0.1, -0.05) is 24.3 Å². The Hall–Kier alpha value is -3.58. The minimum absolute atomic E-state index is 0.0194. The van der Waals surface area contributed by atoms with Crippen molar-refractivity contribution in [1.29, 1.82) is 0 Å². The van der Waals surface area contributed by atoms with E-state index in [-0.39, 0.29) is 23.3 Å². The fraction of sp³-hybridized carbons (Fsp3) is 0.217. The van der Waals surface area contributed by atoms with Gasteiger partial charge in [0, 0.05) is 37.3 Å². The summed E-state index contributed by atoms with van der Waals surface area (Å²) in [6.07, 6.45) is 2.79. The van der Waals surface area contributed by atoms with E-state index < -0.39 is 0 Å². The number of nitrogens with zero attached hydrogens (tertiary/aromatic N) is 4. The van der Waals surface area contributed by atoms with E-state index in [1.54, 1.807) is 36.4 Å². The first-order valence-corrected chi connectivity index (χ1v) is 9.77. The van der Waals surface area contributed by atoms with Crippen LogP contribution in [-0.2, 0) is 0 Å². The second kappa shape index (κ2) is 8.42. The summed E-state index contributed by atoms with van der Waals surface area (Å²) in [7, 11) is 2.04. The maximum Gasteiger partial charge on any atom is 0.253 e. The predicted octanol–water partition coefficient (Wildman–Crippen LogP) is 2.62. The monoisotopic (exact) mass is 402 g/mol. The van der Waals surface area contributed by atoms with Crippen molar-refractivity contribution in [1.82, 2.24) is 19.8 Å². The summed E-state index contributed by atoms with van der Waals surface area (Å²) in [5.41, 5.74) is 2.46. The number of piperazine rings is 1. The number of carbonyl (C=O) groups excluding carboxylic acids is 2. The third kappa shape index (κ3) is 4.21. The van der Waals surface area contributed by atoms with Crippen LogP contribution in [0.5, 0.6) is 5.88 Å². The van der Waals surface area contributed by atoms with Crippen molar-refractivity contribution >= 4 is 28.8 Å². The number of likely N-dealkylation sites (N-methyl/N-ethyl adjacent to an activating group) is 1. The Morgan fingerprint density at radius 3 is 2.17 bits per heavy atom. The van der Waals surface area contributed by atoms with Crippen LogP contribution in [0.25, 0.3) is 17.1 Å². The van der Waals surface area contributed by atoms with Gasteiger partial charge in [-0.3, -0.25) is 9.59 Å². The molecule has 1 N–H and O–H groups in total. The fourth-order valence-corrected chi connectivity index (χ4v) is 3.34. The summed E-state index contributed by atoms with van der Waals surface area (Å²) in [5, 5.41) is 10.0. The Morgan fingerprint density at radius 2 is 1.50 bits per heavy atom. The number of hydrogen-bond donors (Lipinski definition) is 1. The number of ketones is 1. The summed E-state index contributed by atoms with van der Waals surface area (Å²) < 4.78 is 0. The lowest BCUT2D eigenvalue weighted by molar-refractivity contribution is 0.0664. The van der Waals surface area contributed by atoms with Crippen molar-refractivity contribution in [3.63, 3.8) is 0 Å². The lowest BCUT2D eigenvalue weighted by Gasteiger charge is -2.32. The fourth-order valence-electron chi connectivity index (χ4n) is 3.34. The lowest BCUT2D eigenvalue weighted by atomic mass is 10.1. The Kier molecular flexibility index (Phi) is 5.54. The third-order valence-electron chi connectivity index (χ3n) is 5.18. The second-order valence-corrected chi connectivity index (χ2v) is 7.29. The SMILES string of the molecule is CN1CCN(C(=O)c2ccc(C(=O)C=Cc3nc4ccccc4nc3O)cc2)CC1. The molecule has 7 heteroatoms. The van der Waals surface area contributed by atoms with Gasteiger partial charge in [-0.15, -0.1) is 0 Å². The summed E-state index contributed by atoms with van der Waals surface area (Å²) >= 11 is 0. The Labute approximate surface area is 174 Å². The number of fused-ring (bicyclic) bond motifs is 1. The molecule has 3 aromatic rings. The van der Waals surface area contributed by atoms with Crippen LogP contribution in [0, 0.1) is 0 Å². The summed E-state index contributed by atoms with van der Waals surface area (Å²) in [6.45, 7) is 3.12. The van der Waals surface area contributed by atoms with Crippen LogP contribution < -0.4 is 0 Å². The predicted molar refractivity (Wildman–Crippen MR) is 114 cm³/mol. The quantitative estimate of drug-likeness (QED) is 0.533. The smallest absolute Gasteiger partial charge is 0.253 e. The summed E-state index contributed by atoms with van der Waals surface area (Å²) in [5.74, 6) is -0.497. The van der Waals surface area contributed by atoms with Crippen LogP contribution in [0.2, 0.25) is 0 Å². The molecule has 0 atom stereocenters. The minimum Gasteiger partial charge on any atom is -0.492 e. The molecular formula is C23H22N4O3. The second-order valence-electron chi connectivity index (χ2n) is 7.29. The van der Waals surface area contributed by atoms with Gasteiger partial charge in [0.2, 0.25) is 5.88 Å². The Bertz CT molecular complexity index is 1120. The van der Waals surface area contributed by atoms with Crippen molar-refractivity contribution in [2.24, 2.45) is 0 Å². The first-order chi connectivity index (χ1) is 14.5. The van der Waals surface area contributed by atoms with Gasteiger partial charge in [-0.25, -0.2) is 9.97 Å². The van der Waals surface area contributed by atoms with Crippen molar-refractivity contribution in [3.05, 3.63) is 71.4 Å². The maximum atomic E-state index is 12.6. The molecule has 1 aromatic heterocycles. The van der Waals surface area contributed by atoms with Crippen molar-refractivity contribution < 1.29 is 14.7 Å². The number of amides is 1. The van der Waals surface area contributed by atoms with Crippen LogP contribution >= 0.6 is 0 Å². The minimum atomic E-state index is -0.247. The highest BCUT2D eigenvalue weighted by Crippen LogP contribution is 2.19. The van der Waals surface area contributed by atoms with E-state index in [0.29, 0.717) is 35.2 Å². The van der Waals surface area contributed by atoms with Crippen LogP contribution in [0.1, 0.15) is 26.4 Å². The van der Waals surface area contributed by atoms with E-state index in [0.717, 1.165) is 13.1 Å². The average Bonchev–Trinajstić information content (AvgIpc) is 2.77. The van der Waals surface area contributed by atoms with Crippen molar-refractivity contribution in [2.75, 3.05) is 33.2 Å². The molecule has 0 unspecified atom stereocenters. The van der Waals surface area contributed by atoms with Gasteiger partial charge >= 0.3 is 0 Å². The zero-order chi connectivity index (χ0) is 21.1. The zero-order valence-corrected chi connectivity index (χ0v) is 16.7. The van der Waals surface area contributed by atoms with Crippen molar-refractivity contribution in [2.45, 2.75) is 0 Å². The normalized spacial score (nSPS) is 15.0.